The van der Waals surface area contributed by atoms with E-state index in [4.69, 9.17) is 11.6 Å². The lowest BCUT2D eigenvalue weighted by atomic mass is 10.4. The van der Waals surface area contributed by atoms with E-state index in [2.05, 4.69) is 20.9 Å². The number of pyridine rings is 1. The summed E-state index contributed by atoms with van der Waals surface area (Å²) >= 11 is 9.22. The lowest BCUT2D eigenvalue weighted by molar-refractivity contribution is 0.100. The van der Waals surface area contributed by atoms with Gasteiger partial charge in [0.15, 0.2) is 16.8 Å². The third-order valence-electron chi connectivity index (χ3n) is 1.88. The number of nitrogens with zero attached hydrogens (tertiary/aromatic N) is 2. The molecule has 0 bridgehead atoms. The molecule has 0 aliphatic rings. The summed E-state index contributed by atoms with van der Waals surface area (Å²) in [6.07, 6.45) is 1.76. The highest BCUT2D eigenvalue weighted by Crippen LogP contribution is 2.22. The van der Waals surface area contributed by atoms with E-state index in [1.165, 1.54) is 6.92 Å². The summed E-state index contributed by atoms with van der Waals surface area (Å²) in [5.74, 6) is 0.256. The van der Waals surface area contributed by atoms with E-state index in [0.717, 1.165) is 9.99 Å². The third kappa shape index (κ3) is 1.44. The highest BCUT2D eigenvalue weighted by Gasteiger charge is 2.12. The number of carbonyl (C=O) groups is 1. The Morgan fingerprint density at radius 1 is 1.64 bits per heavy atom. The van der Waals surface area contributed by atoms with Gasteiger partial charge in [0.25, 0.3) is 0 Å². The average Bonchev–Trinajstić information content (AvgIpc) is 2.44. The zero-order chi connectivity index (χ0) is 10.3. The van der Waals surface area contributed by atoms with Gasteiger partial charge in [-0.15, -0.1) is 0 Å². The molecule has 0 radical (unpaired) electrons. The first-order chi connectivity index (χ1) is 6.59. The predicted molar refractivity (Wildman–Crippen MR) is 57.9 cm³/mol. The molecule has 2 rings (SSSR count). The molecule has 2 aromatic heterocycles. The Balaban J connectivity index is 2.84. The van der Waals surface area contributed by atoms with Crippen LogP contribution in [0.5, 0.6) is 0 Å². The number of halogens is 2. The predicted octanol–water partition coefficient (Wildman–Crippen LogP) is 2.95. The van der Waals surface area contributed by atoms with Gasteiger partial charge in [0.2, 0.25) is 0 Å². The van der Waals surface area contributed by atoms with Crippen LogP contribution in [0, 0.1) is 0 Å². The van der Waals surface area contributed by atoms with Crippen LogP contribution in [0.3, 0.4) is 0 Å². The Labute approximate surface area is 93.8 Å². The molecular formula is C9H6BrClN2O. The van der Waals surface area contributed by atoms with Gasteiger partial charge in [-0.05, 0) is 12.1 Å². The lowest BCUT2D eigenvalue weighted by Crippen LogP contribution is -1.99. The van der Waals surface area contributed by atoms with E-state index in [1.807, 2.05) is 12.1 Å². The van der Waals surface area contributed by atoms with Gasteiger partial charge >= 0.3 is 0 Å². The maximum atomic E-state index is 11.2. The number of Topliss-reactive ketones (excluding diaryl/α,β-unsaturated/α-hetero) is 1. The van der Waals surface area contributed by atoms with Crippen molar-refractivity contribution in [3.8, 4) is 0 Å². The minimum Gasteiger partial charge on any atom is -0.296 e. The van der Waals surface area contributed by atoms with Crippen LogP contribution in [-0.4, -0.2) is 15.2 Å². The third-order valence-corrected chi connectivity index (χ3v) is 2.65. The zero-order valence-corrected chi connectivity index (χ0v) is 9.63. The fraction of sp³-hybridized carbons (Fsp3) is 0.111. The first kappa shape index (κ1) is 9.68. The Morgan fingerprint density at radius 2 is 2.36 bits per heavy atom. The Kier molecular flexibility index (Phi) is 2.33. The molecule has 2 aromatic rings. The summed E-state index contributed by atoms with van der Waals surface area (Å²) < 4.78 is 2.58. The van der Waals surface area contributed by atoms with Gasteiger partial charge in [-0.25, -0.2) is 4.98 Å². The van der Waals surface area contributed by atoms with Gasteiger partial charge in [-0.3, -0.25) is 9.20 Å². The maximum absolute atomic E-state index is 11.2. The number of imidazole rings is 1. The van der Waals surface area contributed by atoms with Crippen molar-refractivity contribution in [1.82, 2.24) is 9.38 Å². The SMILES string of the molecule is CC(=O)c1nc(Cl)c2cc(Br)ccn12. The van der Waals surface area contributed by atoms with Gasteiger partial charge in [-0.1, -0.05) is 27.5 Å². The van der Waals surface area contributed by atoms with E-state index >= 15 is 0 Å². The van der Waals surface area contributed by atoms with Crippen molar-refractivity contribution in [1.29, 1.82) is 0 Å². The monoisotopic (exact) mass is 272 g/mol. The summed E-state index contributed by atoms with van der Waals surface area (Å²) in [5.41, 5.74) is 0.728. The molecule has 0 amide bonds. The standard InChI is InChI=1S/C9H6BrClN2O/c1-5(14)9-12-8(11)7-4-6(10)2-3-13(7)9/h2-4H,1H3. The van der Waals surface area contributed by atoms with E-state index in [-0.39, 0.29) is 5.78 Å². The number of hydrogen-bond acceptors (Lipinski definition) is 2. The minimum atomic E-state index is -0.103. The van der Waals surface area contributed by atoms with Crippen LogP contribution in [0.1, 0.15) is 17.5 Å². The molecule has 5 heteroatoms. The summed E-state index contributed by atoms with van der Waals surface area (Å²) in [5, 5.41) is 0.344. The van der Waals surface area contributed by atoms with Gasteiger partial charge in [0, 0.05) is 17.6 Å². The van der Waals surface area contributed by atoms with Crippen molar-refractivity contribution >= 4 is 38.8 Å². The normalized spacial score (nSPS) is 10.8. The number of fused-ring (bicyclic) bond motifs is 1. The summed E-state index contributed by atoms with van der Waals surface area (Å²) in [6, 6.07) is 3.65. The second kappa shape index (κ2) is 3.37. The van der Waals surface area contributed by atoms with Crippen molar-refractivity contribution < 1.29 is 4.79 Å². The molecule has 0 N–H and O–H groups in total. The van der Waals surface area contributed by atoms with Gasteiger partial charge < -0.3 is 0 Å². The quantitative estimate of drug-likeness (QED) is 0.749. The van der Waals surface area contributed by atoms with Gasteiger partial charge in [0.1, 0.15) is 0 Å². The van der Waals surface area contributed by atoms with Gasteiger partial charge in [-0.2, -0.15) is 0 Å². The van der Waals surface area contributed by atoms with Crippen molar-refractivity contribution in [3.63, 3.8) is 0 Å². The largest absolute Gasteiger partial charge is 0.296 e. The van der Waals surface area contributed by atoms with Crippen LogP contribution in [0.15, 0.2) is 22.8 Å². The van der Waals surface area contributed by atoms with Crippen LogP contribution < -0.4 is 0 Å². The first-order valence-electron chi connectivity index (χ1n) is 3.93. The molecule has 0 aliphatic heterocycles. The fourth-order valence-electron chi connectivity index (χ4n) is 1.27. The number of hydrogen-bond donors (Lipinski definition) is 0. The van der Waals surface area contributed by atoms with Crippen molar-refractivity contribution in [2.75, 3.05) is 0 Å². The maximum Gasteiger partial charge on any atom is 0.195 e. The number of rotatable bonds is 1. The number of ketones is 1. The summed E-state index contributed by atoms with van der Waals surface area (Å²) in [6.45, 7) is 1.47. The molecule has 2 heterocycles. The molecule has 0 atom stereocenters. The Bertz CT molecular complexity index is 521. The molecule has 0 aliphatic carbocycles. The lowest BCUT2D eigenvalue weighted by Gasteiger charge is -1.96. The summed E-state index contributed by atoms with van der Waals surface area (Å²) in [4.78, 5) is 15.2. The minimum absolute atomic E-state index is 0.103. The van der Waals surface area contributed by atoms with Crippen molar-refractivity contribution in [2.24, 2.45) is 0 Å². The molecule has 72 valence electrons. The molecule has 14 heavy (non-hydrogen) atoms. The van der Waals surface area contributed by atoms with Crippen LogP contribution in [0.2, 0.25) is 5.15 Å². The van der Waals surface area contributed by atoms with E-state index in [1.54, 1.807) is 10.6 Å². The smallest absolute Gasteiger partial charge is 0.195 e. The molecular weight excluding hydrogens is 267 g/mol. The molecule has 3 nitrogen and oxygen atoms in total. The molecule has 0 unspecified atom stereocenters. The molecule has 0 spiro atoms. The van der Waals surface area contributed by atoms with Crippen molar-refractivity contribution in [3.05, 3.63) is 33.8 Å². The molecule has 0 fully saturated rings. The highest BCUT2D eigenvalue weighted by molar-refractivity contribution is 9.10. The second-order valence-electron chi connectivity index (χ2n) is 2.88. The summed E-state index contributed by atoms with van der Waals surface area (Å²) in [7, 11) is 0. The van der Waals surface area contributed by atoms with E-state index in [0.29, 0.717) is 11.0 Å². The number of carbonyl (C=O) groups excluding carboxylic acids is 1. The van der Waals surface area contributed by atoms with Crippen LogP contribution in [-0.2, 0) is 0 Å². The highest BCUT2D eigenvalue weighted by atomic mass is 79.9. The van der Waals surface area contributed by atoms with Crippen LogP contribution in [0.4, 0.5) is 0 Å². The van der Waals surface area contributed by atoms with Crippen LogP contribution >= 0.6 is 27.5 Å². The van der Waals surface area contributed by atoms with Crippen molar-refractivity contribution in [2.45, 2.75) is 6.92 Å². The first-order valence-corrected chi connectivity index (χ1v) is 5.11. The van der Waals surface area contributed by atoms with E-state index in [9.17, 15) is 4.79 Å². The Hall–Kier alpha value is -0.870. The molecule has 0 saturated carbocycles. The second-order valence-corrected chi connectivity index (χ2v) is 4.16. The topological polar surface area (TPSA) is 34.4 Å². The number of aromatic nitrogens is 2. The molecule has 0 saturated heterocycles. The Morgan fingerprint density at radius 3 is 3.00 bits per heavy atom. The zero-order valence-electron chi connectivity index (χ0n) is 7.29. The van der Waals surface area contributed by atoms with E-state index < -0.39 is 0 Å². The van der Waals surface area contributed by atoms with Gasteiger partial charge in [0.05, 0.1) is 5.52 Å². The van der Waals surface area contributed by atoms with Crippen LogP contribution in [0.25, 0.3) is 5.52 Å². The average molecular weight is 274 g/mol. The fourth-order valence-corrected chi connectivity index (χ4v) is 1.83. The molecule has 0 aromatic carbocycles.